The zero-order chi connectivity index (χ0) is 14.0. The number of rotatable bonds is 2. The second-order valence-corrected chi connectivity index (χ2v) is 3.87. The number of benzene rings is 1. The smallest absolute Gasteiger partial charge is 0.405 e. The molecule has 0 bridgehead atoms. The average Bonchev–Trinajstić information content (AvgIpc) is 2.48. The number of alkyl halides is 2. The molecule has 1 atom stereocenters. The summed E-state index contributed by atoms with van der Waals surface area (Å²) in [5.74, 6) is -0.710. The molecule has 0 saturated heterocycles. The van der Waals surface area contributed by atoms with Crippen LogP contribution in [0.5, 0.6) is 0 Å². The SMILES string of the molecule is NC(=O)OC1CNc2cccc(C(F)F)c2NC1=O. The second kappa shape index (κ2) is 5.09. The Bertz CT molecular complexity index is 522. The molecule has 0 aliphatic carbocycles. The van der Waals surface area contributed by atoms with Gasteiger partial charge in [0.2, 0.25) is 0 Å². The van der Waals surface area contributed by atoms with Gasteiger partial charge in [-0.1, -0.05) is 12.1 Å². The maximum Gasteiger partial charge on any atom is 0.405 e. The van der Waals surface area contributed by atoms with E-state index in [4.69, 9.17) is 5.73 Å². The third-order valence-electron chi connectivity index (χ3n) is 2.61. The van der Waals surface area contributed by atoms with Crippen molar-refractivity contribution < 1.29 is 23.1 Å². The molecule has 2 rings (SSSR count). The van der Waals surface area contributed by atoms with Crippen LogP contribution in [0.3, 0.4) is 0 Å². The van der Waals surface area contributed by atoms with Crippen LogP contribution in [-0.2, 0) is 9.53 Å². The Morgan fingerprint density at radius 2 is 2.21 bits per heavy atom. The molecular formula is C11H11F2N3O3. The van der Waals surface area contributed by atoms with Crippen molar-refractivity contribution in [3.05, 3.63) is 23.8 Å². The van der Waals surface area contributed by atoms with Gasteiger partial charge >= 0.3 is 6.09 Å². The van der Waals surface area contributed by atoms with Crippen LogP contribution in [0.2, 0.25) is 0 Å². The Hall–Kier alpha value is -2.38. The Balaban J connectivity index is 2.31. The summed E-state index contributed by atoms with van der Waals surface area (Å²) in [6, 6.07) is 4.18. The van der Waals surface area contributed by atoms with Gasteiger partial charge in [-0.2, -0.15) is 0 Å². The number of carbonyl (C=O) groups is 2. The number of anilines is 2. The molecule has 6 nitrogen and oxygen atoms in total. The van der Waals surface area contributed by atoms with Gasteiger partial charge in [-0.05, 0) is 6.07 Å². The fourth-order valence-corrected chi connectivity index (χ4v) is 1.77. The minimum Gasteiger partial charge on any atom is -0.434 e. The van der Waals surface area contributed by atoms with Crippen LogP contribution in [0, 0.1) is 0 Å². The highest BCUT2D eigenvalue weighted by molar-refractivity contribution is 6.00. The van der Waals surface area contributed by atoms with E-state index in [2.05, 4.69) is 15.4 Å². The quantitative estimate of drug-likeness (QED) is 0.759. The highest BCUT2D eigenvalue weighted by Crippen LogP contribution is 2.34. The number of hydrogen-bond donors (Lipinski definition) is 3. The van der Waals surface area contributed by atoms with Crippen LogP contribution < -0.4 is 16.4 Å². The first-order chi connectivity index (χ1) is 8.99. The highest BCUT2D eigenvalue weighted by Gasteiger charge is 2.28. The van der Waals surface area contributed by atoms with Crippen molar-refractivity contribution in [2.45, 2.75) is 12.5 Å². The Kier molecular flexibility index (Phi) is 3.50. The fraction of sp³-hybridized carbons (Fsp3) is 0.273. The fourth-order valence-electron chi connectivity index (χ4n) is 1.77. The summed E-state index contributed by atoms with van der Waals surface area (Å²) >= 11 is 0. The van der Waals surface area contributed by atoms with Crippen LogP contribution in [0.25, 0.3) is 0 Å². The summed E-state index contributed by atoms with van der Waals surface area (Å²) in [5.41, 5.74) is 4.84. The van der Waals surface area contributed by atoms with Crippen LogP contribution in [-0.4, -0.2) is 24.6 Å². The van der Waals surface area contributed by atoms with E-state index in [-0.39, 0.29) is 17.8 Å². The molecular weight excluding hydrogens is 260 g/mol. The van der Waals surface area contributed by atoms with E-state index < -0.39 is 24.5 Å². The van der Waals surface area contributed by atoms with Gasteiger partial charge < -0.3 is 21.1 Å². The standard InChI is InChI=1S/C11H11F2N3O3/c12-9(13)5-2-1-3-6-8(5)16-10(17)7(4-15-6)19-11(14)18/h1-3,7,9,15H,4H2,(H2,14,18)(H,16,17). The first kappa shape index (κ1) is 13.1. The summed E-state index contributed by atoms with van der Waals surface area (Å²) < 4.78 is 30.3. The van der Waals surface area contributed by atoms with E-state index in [1.165, 1.54) is 18.2 Å². The number of ether oxygens (including phenoxy) is 1. The van der Waals surface area contributed by atoms with Crippen molar-refractivity contribution >= 4 is 23.4 Å². The van der Waals surface area contributed by atoms with Crippen LogP contribution in [0.15, 0.2) is 18.2 Å². The molecule has 102 valence electrons. The van der Waals surface area contributed by atoms with Crippen molar-refractivity contribution in [1.82, 2.24) is 0 Å². The number of hydrogen-bond acceptors (Lipinski definition) is 4. The molecule has 1 aliphatic rings. The molecule has 0 aromatic heterocycles. The minimum atomic E-state index is -2.73. The van der Waals surface area contributed by atoms with Gasteiger partial charge in [0.15, 0.2) is 6.10 Å². The molecule has 1 heterocycles. The van der Waals surface area contributed by atoms with E-state index in [9.17, 15) is 18.4 Å². The molecule has 19 heavy (non-hydrogen) atoms. The largest absolute Gasteiger partial charge is 0.434 e. The van der Waals surface area contributed by atoms with Crippen molar-refractivity contribution in [3.63, 3.8) is 0 Å². The number of nitrogens with two attached hydrogens (primary N) is 1. The van der Waals surface area contributed by atoms with E-state index in [0.29, 0.717) is 5.69 Å². The number of halogens is 2. The van der Waals surface area contributed by atoms with Crippen molar-refractivity contribution in [3.8, 4) is 0 Å². The third-order valence-corrected chi connectivity index (χ3v) is 2.61. The minimum absolute atomic E-state index is 0.0157. The first-order valence-corrected chi connectivity index (χ1v) is 5.41. The third kappa shape index (κ3) is 2.72. The zero-order valence-corrected chi connectivity index (χ0v) is 9.65. The molecule has 2 amide bonds. The zero-order valence-electron chi connectivity index (χ0n) is 9.65. The van der Waals surface area contributed by atoms with Crippen molar-refractivity contribution in [2.75, 3.05) is 17.2 Å². The van der Waals surface area contributed by atoms with E-state index in [0.717, 1.165) is 0 Å². The van der Waals surface area contributed by atoms with E-state index >= 15 is 0 Å². The van der Waals surface area contributed by atoms with Gasteiger partial charge in [-0.15, -0.1) is 0 Å². The lowest BCUT2D eigenvalue weighted by Crippen LogP contribution is -2.37. The van der Waals surface area contributed by atoms with Crippen molar-refractivity contribution in [2.24, 2.45) is 5.73 Å². The summed E-state index contributed by atoms with van der Waals surface area (Å²) in [6.07, 6.45) is -5.01. The molecule has 1 unspecified atom stereocenters. The topological polar surface area (TPSA) is 93.5 Å². The van der Waals surface area contributed by atoms with Crippen LogP contribution >= 0.6 is 0 Å². The number of nitrogens with one attached hydrogen (secondary N) is 2. The lowest BCUT2D eigenvalue weighted by Gasteiger charge is -2.12. The molecule has 4 N–H and O–H groups in total. The Morgan fingerprint density at radius 3 is 2.84 bits per heavy atom. The van der Waals surface area contributed by atoms with E-state index in [1.54, 1.807) is 0 Å². The lowest BCUT2D eigenvalue weighted by molar-refractivity contribution is -0.123. The normalized spacial score (nSPS) is 18.1. The molecule has 0 saturated carbocycles. The molecule has 8 heteroatoms. The molecule has 0 fully saturated rings. The summed E-state index contributed by atoms with van der Waals surface area (Å²) in [5, 5.41) is 5.07. The summed E-state index contributed by atoms with van der Waals surface area (Å²) in [6.45, 7) is -0.0472. The molecule has 1 aromatic carbocycles. The number of fused-ring (bicyclic) bond motifs is 1. The lowest BCUT2D eigenvalue weighted by atomic mass is 10.1. The predicted molar refractivity (Wildman–Crippen MR) is 63.0 cm³/mol. The summed E-state index contributed by atoms with van der Waals surface area (Å²) in [4.78, 5) is 22.4. The predicted octanol–water partition coefficient (Wildman–Crippen LogP) is 1.45. The molecule has 1 aliphatic heterocycles. The van der Waals surface area contributed by atoms with E-state index in [1.807, 2.05) is 0 Å². The van der Waals surface area contributed by atoms with Gasteiger partial charge in [0.05, 0.1) is 17.9 Å². The Morgan fingerprint density at radius 1 is 1.47 bits per heavy atom. The second-order valence-electron chi connectivity index (χ2n) is 3.87. The van der Waals surface area contributed by atoms with Crippen molar-refractivity contribution in [1.29, 1.82) is 0 Å². The number of primary amides is 1. The van der Waals surface area contributed by atoms with Gasteiger partial charge in [-0.25, -0.2) is 13.6 Å². The van der Waals surface area contributed by atoms with Gasteiger partial charge in [0.25, 0.3) is 12.3 Å². The number of amides is 2. The molecule has 1 aromatic rings. The van der Waals surface area contributed by atoms with Gasteiger partial charge in [0, 0.05) is 5.56 Å². The van der Waals surface area contributed by atoms with Gasteiger partial charge in [0.1, 0.15) is 0 Å². The maximum atomic E-state index is 12.8. The number of para-hydroxylation sites is 1. The number of carbonyl (C=O) groups excluding carboxylic acids is 2. The van der Waals surface area contributed by atoms with Gasteiger partial charge in [-0.3, -0.25) is 4.79 Å². The Labute approximate surface area is 106 Å². The molecule has 0 radical (unpaired) electrons. The first-order valence-electron chi connectivity index (χ1n) is 5.41. The highest BCUT2D eigenvalue weighted by atomic mass is 19.3. The maximum absolute atomic E-state index is 12.8. The van der Waals surface area contributed by atoms with Crippen LogP contribution in [0.1, 0.15) is 12.0 Å². The summed E-state index contributed by atoms with van der Waals surface area (Å²) in [7, 11) is 0. The monoisotopic (exact) mass is 271 g/mol. The van der Waals surface area contributed by atoms with Crippen LogP contribution in [0.4, 0.5) is 25.0 Å². The molecule has 0 spiro atoms. The average molecular weight is 271 g/mol.